The number of nitrogens with one attached hydrogen (secondary N) is 3. The predicted molar refractivity (Wildman–Crippen MR) is 125 cm³/mol. The van der Waals surface area contributed by atoms with E-state index in [-0.39, 0.29) is 44.7 Å². The van der Waals surface area contributed by atoms with Crippen molar-refractivity contribution in [1.82, 2.24) is 30.3 Å². The van der Waals surface area contributed by atoms with E-state index in [0.717, 1.165) is 0 Å². The number of methoxy groups -OCH3 is 1. The third kappa shape index (κ3) is 4.35. The molecule has 0 unspecified atom stereocenters. The Kier molecular flexibility index (Phi) is 6.21. The minimum absolute atomic E-state index is 0.0726. The number of pyridine rings is 1. The SMILES string of the molecule is COc1cc(C(=O)Nc2c(Cl)cc3cn[nH]c3c2C(=O)NC(C)C)n(-c2ncccc2Cl)n1. The van der Waals surface area contributed by atoms with E-state index in [4.69, 9.17) is 27.9 Å². The van der Waals surface area contributed by atoms with Crippen molar-refractivity contribution < 1.29 is 14.3 Å². The number of aromatic amines is 1. The minimum atomic E-state index is -0.605. The van der Waals surface area contributed by atoms with Gasteiger partial charge in [-0.15, -0.1) is 5.10 Å². The van der Waals surface area contributed by atoms with Crippen LogP contribution < -0.4 is 15.4 Å². The van der Waals surface area contributed by atoms with Gasteiger partial charge in [-0.1, -0.05) is 23.2 Å². The first-order valence-corrected chi connectivity index (χ1v) is 10.6. The molecule has 2 amide bonds. The number of H-pyrrole nitrogens is 1. The molecule has 3 aromatic heterocycles. The number of amides is 2. The largest absolute Gasteiger partial charge is 0.480 e. The number of nitrogens with zero attached hydrogens (tertiary/aromatic N) is 4. The summed E-state index contributed by atoms with van der Waals surface area (Å²) in [6.45, 7) is 3.65. The Hall–Kier alpha value is -3.63. The Morgan fingerprint density at radius 2 is 1.97 bits per heavy atom. The predicted octanol–water partition coefficient (Wildman–Crippen LogP) is 3.85. The number of carbonyl (C=O) groups is 2. The highest BCUT2D eigenvalue weighted by Crippen LogP contribution is 2.33. The van der Waals surface area contributed by atoms with Crippen molar-refractivity contribution >= 4 is 51.6 Å². The molecular formula is C21H19Cl2N7O3. The molecule has 0 saturated carbocycles. The topological polar surface area (TPSA) is 127 Å². The minimum Gasteiger partial charge on any atom is -0.480 e. The molecule has 12 heteroatoms. The van der Waals surface area contributed by atoms with Crippen LogP contribution in [0.1, 0.15) is 34.7 Å². The summed E-state index contributed by atoms with van der Waals surface area (Å²) < 4.78 is 6.44. The summed E-state index contributed by atoms with van der Waals surface area (Å²) in [4.78, 5) is 30.6. The summed E-state index contributed by atoms with van der Waals surface area (Å²) in [5.41, 5.74) is 0.788. The highest BCUT2D eigenvalue weighted by atomic mass is 35.5. The number of fused-ring (bicyclic) bond motifs is 1. The normalized spacial score (nSPS) is 11.1. The fourth-order valence-corrected chi connectivity index (χ4v) is 3.70. The van der Waals surface area contributed by atoms with Gasteiger partial charge in [0.25, 0.3) is 11.8 Å². The average Bonchev–Trinajstić information content (AvgIpc) is 3.40. The number of rotatable bonds is 6. The monoisotopic (exact) mass is 487 g/mol. The molecule has 0 aliphatic rings. The fraction of sp³-hybridized carbons (Fsp3) is 0.190. The molecular weight excluding hydrogens is 469 g/mol. The number of halogens is 2. The van der Waals surface area contributed by atoms with Crippen LogP contribution in [0, 0.1) is 0 Å². The van der Waals surface area contributed by atoms with E-state index < -0.39 is 11.8 Å². The zero-order valence-electron chi connectivity index (χ0n) is 17.8. The maximum Gasteiger partial charge on any atom is 0.274 e. The zero-order valence-corrected chi connectivity index (χ0v) is 19.3. The number of anilines is 1. The summed E-state index contributed by atoms with van der Waals surface area (Å²) in [5.74, 6) is -0.613. The number of benzene rings is 1. The van der Waals surface area contributed by atoms with Gasteiger partial charge in [0.05, 0.1) is 40.1 Å². The van der Waals surface area contributed by atoms with Crippen molar-refractivity contribution in [3.63, 3.8) is 0 Å². The second-order valence-corrected chi connectivity index (χ2v) is 8.13. The van der Waals surface area contributed by atoms with Gasteiger partial charge in [0.15, 0.2) is 5.82 Å². The third-order valence-corrected chi connectivity index (χ3v) is 5.24. The van der Waals surface area contributed by atoms with Crippen molar-refractivity contribution in [2.45, 2.75) is 19.9 Å². The number of ether oxygens (including phenoxy) is 1. The molecule has 4 aromatic rings. The Morgan fingerprint density at radius 1 is 1.18 bits per heavy atom. The van der Waals surface area contributed by atoms with Gasteiger partial charge in [-0.2, -0.15) is 5.10 Å². The second kappa shape index (κ2) is 9.08. The molecule has 33 heavy (non-hydrogen) atoms. The van der Waals surface area contributed by atoms with Crippen LogP contribution in [-0.2, 0) is 0 Å². The van der Waals surface area contributed by atoms with Gasteiger partial charge in [0.2, 0.25) is 5.88 Å². The molecule has 4 rings (SSSR count). The number of carbonyl (C=O) groups excluding carboxylic acids is 2. The highest BCUT2D eigenvalue weighted by molar-refractivity contribution is 6.36. The van der Waals surface area contributed by atoms with E-state index in [1.807, 2.05) is 13.8 Å². The molecule has 0 spiro atoms. The van der Waals surface area contributed by atoms with Crippen molar-refractivity contribution in [2.24, 2.45) is 0 Å². The number of aromatic nitrogens is 5. The Balaban J connectivity index is 1.81. The summed E-state index contributed by atoms with van der Waals surface area (Å²) >= 11 is 12.7. The van der Waals surface area contributed by atoms with Crippen molar-refractivity contribution in [2.75, 3.05) is 12.4 Å². The van der Waals surface area contributed by atoms with Crippen LogP contribution in [-0.4, -0.2) is 49.9 Å². The van der Waals surface area contributed by atoms with Crippen LogP contribution in [0.5, 0.6) is 5.88 Å². The van der Waals surface area contributed by atoms with Gasteiger partial charge in [-0.3, -0.25) is 14.7 Å². The van der Waals surface area contributed by atoms with E-state index in [0.29, 0.717) is 10.9 Å². The van der Waals surface area contributed by atoms with E-state index in [9.17, 15) is 9.59 Å². The highest BCUT2D eigenvalue weighted by Gasteiger charge is 2.25. The summed E-state index contributed by atoms with van der Waals surface area (Å²) in [6, 6.07) is 6.17. The van der Waals surface area contributed by atoms with E-state index in [2.05, 4.69) is 30.9 Å². The van der Waals surface area contributed by atoms with Crippen LogP contribution in [0.15, 0.2) is 36.7 Å². The Labute approximate surface area is 198 Å². The van der Waals surface area contributed by atoms with Gasteiger partial charge in [-0.05, 0) is 32.0 Å². The lowest BCUT2D eigenvalue weighted by Crippen LogP contribution is -2.31. The van der Waals surface area contributed by atoms with Crippen molar-refractivity contribution in [3.8, 4) is 11.7 Å². The van der Waals surface area contributed by atoms with E-state index in [1.165, 1.54) is 24.1 Å². The van der Waals surface area contributed by atoms with Crippen LogP contribution in [0.2, 0.25) is 10.0 Å². The maximum atomic E-state index is 13.4. The first-order valence-electron chi connectivity index (χ1n) is 9.83. The number of hydrogen-bond donors (Lipinski definition) is 3. The lowest BCUT2D eigenvalue weighted by atomic mass is 10.1. The molecule has 170 valence electrons. The molecule has 0 fully saturated rings. The molecule has 10 nitrogen and oxygen atoms in total. The molecule has 1 aromatic carbocycles. The van der Waals surface area contributed by atoms with Gasteiger partial charge in [0.1, 0.15) is 5.69 Å². The molecule has 0 atom stereocenters. The molecule has 0 aliphatic carbocycles. The van der Waals surface area contributed by atoms with E-state index >= 15 is 0 Å². The first kappa shape index (κ1) is 22.6. The lowest BCUT2D eigenvalue weighted by Gasteiger charge is -2.16. The molecule has 0 saturated heterocycles. The Bertz CT molecular complexity index is 1360. The quantitative estimate of drug-likeness (QED) is 0.379. The molecule has 0 bridgehead atoms. The van der Waals surface area contributed by atoms with Gasteiger partial charge in [-0.25, -0.2) is 9.67 Å². The maximum absolute atomic E-state index is 13.4. The van der Waals surface area contributed by atoms with Crippen molar-refractivity contribution in [1.29, 1.82) is 0 Å². The summed E-state index contributed by atoms with van der Waals surface area (Å²) in [7, 11) is 1.42. The lowest BCUT2D eigenvalue weighted by molar-refractivity contribution is 0.0945. The van der Waals surface area contributed by atoms with Gasteiger partial charge < -0.3 is 15.4 Å². The summed E-state index contributed by atoms with van der Waals surface area (Å²) in [6.07, 6.45) is 3.07. The summed E-state index contributed by atoms with van der Waals surface area (Å²) in [5, 5.41) is 17.7. The smallest absolute Gasteiger partial charge is 0.274 e. The third-order valence-electron chi connectivity index (χ3n) is 4.64. The van der Waals surface area contributed by atoms with Crippen molar-refractivity contribution in [3.05, 3.63) is 58.0 Å². The fourth-order valence-electron chi connectivity index (χ4n) is 3.23. The number of hydrogen-bond acceptors (Lipinski definition) is 6. The first-order chi connectivity index (χ1) is 15.8. The molecule has 0 aliphatic heterocycles. The Morgan fingerprint density at radius 3 is 2.67 bits per heavy atom. The van der Waals surface area contributed by atoms with Gasteiger partial charge in [0, 0.05) is 23.7 Å². The molecule has 3 N–H and O–H groups in total. The molecule has 3 heterocycles. The van der Waals surface area contributed by atoms with E-state index in [1.54, 1.807) is 24.4 Å². The van der Waals surface area contributed by atoms with Crippen LogP contribution >= 0.6 is 23.2 Å². The van der Waals surface area contributed by atoms with Crippen LogP contribution in [0.4, 0.5) is 5.69 Å². The second-order valence-electron chi connectivity index (χ2n) is 7.32. The standard InChI is InChI=1S/C21H19Cl2N7O3/c1-10(2)26-21(32)16-17-11(9-25-28-17)7-13(23)18(16)27-20(31)14-8-15(33-3)29-30(14)19-12(22)5-4-6-24-19/h4-10H,1-3H3,(H,25,28)(H,26,32)(H,27,31). The van der Waals surface area contributed by atoms with Crippen LogP contribution in [0.25, 0.3) is 16.7 Å². The zero-order chi connectivity index (χ0) is 23.7. The average molecular weight is 488 g/mol. The molecule has 0 radical (unpaired) electrons. The van der Waals surface area contributed by atoms with Crippen LogP contribution in [0.3, 0.4) is 0 Å². The van der Waals surface area contributed by atoms with Gasteiger partial charge >= 0.3 is 0 Å².